The van der Waals surface area contributed by atoms with Crippen LogP contribution >= 0.6 is 0 Å². The lowest BCUT2D eigenvalue weighted by Gasteiger charge is -2.58. The minimum Gasteiger partial charge on any atom is -0.492 e. The molecule has 1 heterocycles. The van der Waals surface area contributed by atoms with Gasteiger partial charge in [0, 0.05) is 18.2 Å². The number of benzene rings is 1. The Hall–Kier alpha value is -2.88. The zero-order valence-corrected chi connectivity index (χ0v) is 31.2. The summed E-state index contributed by atoms with van der Waals surface area (Å²) < 4.78 is 40.1. The van der Waals surface area contributed by atoms with Crippen molar-refractivity contribution < 1.29 is 27.1 Å². The second-order valence-corrected chi connectivity index (χ2v) is 18.4. The molecular weight excluding hydrogens is 639 g/mol. The average Bonchev–Trinajstić information content (AvgIpc) is 3.69. The number of fused-ring (bicyclic) bond motifs is 5. The molecule has 6 rings (SSSR count). The maximum atomic E-state index is 12.7. The molecule has 270 valence electrons. The maximum Gasteiger partial charge on any atom is 0.407 e. The molecule has 3 saturated carbocycles. The van der Waals surface area contributed by atoms with Gasteiger partial charge in [-0.15, -0.1) is 5.10 Å². The van der Waals surface area contributed by atoms with E-state index < -0.39 is 21.2 Å². The van der Waals surface area contributed by atoms with E-state index in [0.29, 0.717) is 23.3 Å². The number of alkyl carbamates (subject to hydrolysis) is 1. The molecule has 1 N–H and O–H groups in total. The van der Waals surface area contributed by atoms with Crippen LogP contribution in [0.2, 0.25) is 0 Å². The van der Waals surface area contributed by atoms with Crippen LogP contribution < -0.4 is 10.1 Å². The summed E-state index contributed by atoms with van der Waals surface area (Å²) in [6, 6.07) is 6.88. The summed E-state index contributed by atoms with van der Waals surface area (Å²) in [5, 5.41) is 9.81. The Morgan fingerprint density at radius 2 is 1.80 bits per heavy atom. The van der Waals surface area contributed by atoms with Gasteiger partial charge in [-0.25, -0.2) is 13.2 Å². The maximum absolute atomic E-state index is 12.7. The third-order valence-corrected chi connectivity index (χ3v) is 13.8. The zero-order chi connectivity index (χ0) is 35.0. The first-order valence-electron chi connectivity index (χ1n) is 18.7. The van der Waals surface area contributed by atoms with Gasteiger partial charge in [0.1, 0.15) is 18.5 Å². The number of aromatic nitrogens is 2. The number of sulfone groups is 1. The predicted octanol–water partition coefficient (Wildman–Crippen LogP) is 8.66. The molecule has 10 heteroatoms. The lowest BCUT2D eigenvalue weighted by Crippen LogP contribution is -2.51. The molecule has 8 atom stereocenters. The monoisotopic (exact) mass is 695 g/mol. The highest BCUT2D eigenvalue weighted by atomic mass is 32.2. The van der Waals surface area contributed by atoms with E-state index in [4.69, 9.17) is 13.9 Å². The Morgan fingerprint density at radius 1 is 1.02 bits per heavy atom. The summed E-state index contributed by atoms with van der Waals surface area (Å²) in [6.07, 6.45) is 16.8. The molecule has 0 saturated heterocycles. The molecule has 49 heavy (non-hydrogen) atoms. The van der Waals surface area contributed by atoms with Gasteiger partial charge in [0.15, 0.2) is 0 Å². The van der Waals surface area contributed by atoms with Gasteiger partial charge in [-0.3, -0.25) is 0 Å². The third kappa shape index (κ3) is 7.59. The molecule has 0 bridgehead atoms. The first-order chi connectivity index (χ1) is 23.3. The summed E-state index contributed by atoms with van der Waals surface area (Å²) in [7, 11) is -3.57. The van der Waals surface area contributed by atoms with Crippen LogP contribution in [-0.4, -0.2) is 50.2 Å². The Morgan fingerprint density at radius 3 is 2.51 bits per heavy atom. The van der Waals surface area contributed by atoms with Crippen LogP contribution in [0.4, 0.5) is 4.79 Å². The molecule has 1 amide bonds. The number of ether oxygens (including phenoxy) is 2. The van der Waals surface area contributed by atoms with E-state index in [1.54, 1.807) is 24.3 Å². The standard InChI is InChI=1S/C39H57N3O6S/c1-25(2)8-7-9-26(3)32-16-17-33-31-15-12-28-24-30(18-20-38(28,4)34(31)19-21-39(32,33)5)47-36(43)40-22-23-46-29-13-10-27(11-14-29)35-41-42-37(48-35)49(6,44)45/h10-14,25-26,30-34H,7-9,15-24H2,1-6H3,(H,40,43)/t26-,30+,31?,32-,33+,34?,38+,39-/m1/s1. The molecule has 0 aliphatic heterocycles. The summed E-state index contributed by atoms with van der Waals surface area (Å²) in [6.45, 7) is 13.0. The van der Waals surface area contributed by atoms with Gasteiger partial charge in [-0.2, -0.15) is 0 Å². The lowest BCUT2D eigenvalue weighted by molar-refractivity contribution is -0.0581. The minimum absolute atomic E-state index is 0.0892. The molecule has 0 radical (unpaired) electrons. The molecule has 1 aromatic carbocycles. The molecule has 0 spiro atoms. The molecule has 3 fully saturated rings. The number of carbonyl (C=O) groups is 1. The van der Waals surface area contributed by atoms with E-state index in [1.165, 1.54) is 56.9 Å². The van der Waals surface area contributed by atoms with Crippen LogP contribution in [-0.2, 0) is 14.6 Å². The number of nitrogens with one attached hydrogen (secondary N) is 1. The van der Waals surface area contributed by atoms with Gasteiger partial charge in [0.05, 0.1) is 6.54 Å². The Bertz CT molecular complexity index is 1600. The van der Waals surface area contributed by atoms with E-state index in [-0.39, 0.29) is 24.0 Å². The highest BCUT2D eigenvalue weighted by Crippen LogP contribution is 2.67. The number of allylic oxidation sites excluding steroid dienone is 1. The molecule has 1 aromatic heterocycles. The van der Waals surface area contributed by atoms with Gasteiger partial charge in [0.25, 0.3) is 0 Å². The van der Waals surface area contributed by atoms with Gasteiger partial charge >= 0.3 is 11.3 Å². The van der Waals surface area contributed by atoms with Gasteiger partial charge in [-0.05, 0) is 116 Å². The van der Waals surface area contributed by atoms with E-state index in [0.717, 1.165) is 61.0 Å². The predicted molar refractivity (Wildman–Crippen MR) is 190 cm³/mol. The van der Waals surface area contributed by atoms with Crippen molar-refractivity contribution >= 4 is 15.9 Å². The highest BCUT2D eigenvalue weighted by molar-refractivity contribution is 7.90. The number of hydrogen-bond acceptors (Lipinski definition) is 8. The van der Waals surface area contributed by atoms with Crippen LogP contribution in [0, 0.1) is 46.3 Å². The van der Waals surface area contributed by atoms with Gasteiger partial charge in [-0.1, -0.05) is 70.6 Å². The quantitative estimate of drug-likeness (QED) is 0.173. The summed E-state index contributed by atoms with van der Waals surface area (Å²) in [5.41, 5.74) is 2.82. The summed E-state index contributed by atoms with van der Waals surface area (Å²) in [4.78, 5) is 12.7. The van der Waals surface area contributed by atoms with Crippen molar-refractivity contribution in [1.82, 2.24) is 15.5 Å². The van der Waals surface area contributed by atoms with Crippen molar-refractivity contribution in [2.45, 2.75) is 117 Å². The van der Waals surface area contributed by atoms with Gasteiger partial charge in [0.2, 0.25) is 15.7 Å². The van der Waals surface area contributed by atoms with Crippen molar-refractivity contribution in [3.63, 3.8) is 0 Å². The summed E-state index contributed by atoms with van der Waals surface area (Å²) >= 11 is 0. The van der Waals surface area contributed by atoms with Crippen molar-refractivity contribution in [3.05, 3.63) is 35.9 Å². The Kier molecular flexibility index (Phi) is 10.6. The first-order valence-corrected chi connectivity index (χ1v) is 20.6. The second kappa shape index (κ2) is 14.4. The SMILES string of the molecule is CC(C)CCC[C@@H](C)[C@H]1CC[C@H]2C3CC=C4C[C@@H](OC(=O)NCCOc5ccc(-c6nnc(S(C)(=O)=O)o6)cc5)CC[C@]4(C)C3CC[C@]12C. The second-order valence-electron chi connectivity index (χ2n) is 16.5. The third-order valence-electron chi connectivity index (χ3n) is 13.0. The number of rotatable bonds is 12. The van der Waals surface area contributed by atoms with Crippen molar-refractivity contribution in [1.29, 1.82) is 0 Å². The summed E-state index contributed by atoms with van der Waals surface area (Å²) in [5.74, 6) is 5.61. The largest absolute Gasteiger partial charge is 0.492 e. The lowest BCUT2D eigenvalue weighted by atomic mass is 9.47. The topological polar surface area (TPSA) is 121 Å². The minimum atomic E-state index is -3.57. The molecule has 4 aliphatic rings. The average molecular weight is 696 g/mol. The molecule has 2 aromatic rings. The number of amides is 1. The van der Waals surface area contributed by atoms with Crippen LogP contribution in [0.25, 0.3) is 11.5 Å². The number of carbonyl (C=O) groups excluding carboxylic acids is 1. The number of hydrogen-bond donors (Lipinski definition) is 1. The highest BCUT2D eigenvalue weighted by Gasteiger charge is 2.59. The van der Waals surface area contributed by atoms with E-state index in [9.17, 15) is 13.2 Å². The van der Waals surface area contributed by atoms with Crippen LogP contribution in [0.3, 0.4) is 0 Å². The van der Waals surface area contributed by atoms with E-state index in [1.807, 2.05) is 0 Å². The number of nitrogens with zero attached hydrogens (tertiary/aromatic N) is 2. The first kappa shape index (κ1) is 35.9. The smallest absolute Gasteiger partial charge is 0.407 e. The van der Waals surface area contributed by atoms with E-state index in [2.05, 4.69) is 56.2 Å². The molecule has 4 aliphatic carbocycles. The zero-order valence-electron chi connectivity index (χ0n) is 30.4. The van der Waals surface area contributed by atoms with E-state index >= 15 is 0 Å². The molecule has 2 unspecified atom stereocenters. The fourth-order valence-electron chi connectivity index (χ4n) is 10.4. The normalized spacial score (nSPS) is 31.7. The van der Waals surface area contributed by atoms with Crippen LogP contribution in [0.15, 0.2) is 45.6 Å². The fourth-order valence-corrected chi connectivity index (χ4v) is 10.9. The molecule has 9 nitrogen and oxygen atoms in total. The van der Waals surface area contributed by atoms with Crippen LogP contribution in [0.5, 0.6) is 5.75 Å². The van der Waals surface area contributed by atoms with Crippen molar-refractivity contribution in [3.8, 4) is 17.2 Å². The molecular formula is C39H57N3O6S. The Labute approximate surface area is 293 Å². The van der Waals surface area contributed by atoms with Crippen molar-refractivity contribution in [2.24, 2.45) is 46.3 Å². The Balaban J connectivity index is 0.958. The van der Waals surface area contributed by atoms with Crippen molar-refractivity contribution in [2.75, 3.05) is 19.4 Å². The fraction of sp³-hybridized carbons (Fsp3) is 0.718. The van der Waals surface area contributed by atoms with Gasteiger partial charge < -0.3 is 19.2 Å². The van der Waals surface area contributed by atoms with Crippen LogP contribution in [0.1, 0.15) is 105 Å².